The predicted octanol–water partition coefficient (Wildman–Crippen LogP) is 3.24. The van der Waals surface area contributed by atoms with Gasteiger partial charge in [-0.3, -0.25) is 4.79 Å². The number of piperidine rings is 1. The molecule has 5 heteroatoms. The number of ether oxygens (including phenoxy) is 1. The van der Waals surface area contributed by atoms with Crippen LogP contribution in [0.1, 0.15) is 48.0 Å². The fourth-order valence-corrected chi connectivity index (χ4v) is 4.71. The number of likely N-dealkylation sites (tertiary alicyclic amines) is 2. The van der Waals surface area contributed by atoms with Gasteiger partial charge in [-0.2, -0.15) is 0 Å². The van der Waals surface area contributed by atoms with Crippen LogP contribution in [0, 0.1) is 18.2 Å². The van der Waals surface area contributed by atoms with Gasteiger partial charge in [-0.05, 0) is 75.2 Å². The molecule has 0 N–H and O–H groups in total. The van der Waals surface area contributed by atoms with Crippen LogP contribution in [0.25, 0.3) is 0 Å². The first-order valence-electron chi connectivity index (χ1n) is 9.94. The van der Waals surface area contributed by atoms with Crippen molar-refractivity contribution < 1.29 is 13.9 Å². The Morgan fingerprint density at radius 2 is 1.96 bits per heavy atom. The number of amides is 1. The van der Waals surface area contributed by atoms with Gasteiger partial charge < -0.3 is 14.5 Å². The normalized spacial score (nSPS) is 25.9. The van der Waals surface area contributed by atoms with E-state index in [0.29, 0.717) is 17.2 Å². The molecule has 4 rings (SSSR count). The number of hydrogen-bond acceptors (Lipinski definition) is 3. The minimum atomic E-state index is -0.307. The summed E-state index contributed by atoms with van der Waals surface area (Å²) >= 11 is 0. The third kappa shape index (κ3) is 3.65. The topological polar surface area (TPSA) is 32.8 Å². The highest BCUT2D eigenvalue weighted by Crippen LogP contribution is 2.42. The van der Waals surface area contributed by atoms with Gasteiger partial charge in [0.1, 0.15) is 5.82 Å². The predicted molar refractivity (Wildman–Crippen MR) is 98.7 cm³/mol. The van der Waals surface area contributed by atoms with Crippen LogP contribution in [0.2, 0.25) is 0 Å². The molecular formula is C21H29FN2O2. The van der Waals surface area contributed by atoms with Gasteiger partial charge in [-0.1, -0.05) is 6.07 Å². The second-order valence-electron chi connectivity index (χ2n) is 8.40. The van der Waals surface area contributed by atoms with Gasteiger partial charge in [-0.25, -0.2) is 4.39 Å². The molecule has 0 aliphatic carbocycles. The maximum absolute atomic E-state index is 13.8. The van der Waals surface area contributed by atoms with E-state index in [0.717, 1.165) is 45.5 Å². The van der Waals surface area contributed by atoms with E-state index in [-0.39, 0.29) is 17.1 Å². The van der Waals surface area contributed by atoms with Crippen molar-refractivity contribution in [3.63, 3.8) is 0 Å². The molecule has 1 aromatic rings. The monoisotopic (exact) mass is 360 g/mol. The van der Waals surface area contributed by atoms with E-state index in [1.807, 2.05) is 4.90 Å². The summed E-state index contributed by atoms with van der Waals surface area (Å²) in [4.78, 5) is 17.1. The van der Waals surface area contributed by atoms with Crippen LogP contribution in [0.15, 0.2) is 18.2 Å². The number of carbonyl (C=O) groups is 1. The average Bonchev–Trinajstić information content (AvgIpc) is 3.28. The van der Waals surface area contributed by atoms with Crippen molar-refractivity contribution in [1.29, 1.82) is 0 Å². The van der Waals surface area contributed by atoms with E-state index in [4.69, 9.17) is 4.74 Å². The highest BCUT2D eigenvalue weighted by molar-refractivity contribution is 5.94. The Balaban J connectivity index is 1.32. The van der Waals surface area contributed by atoms with Crippen molar-refractivity contribution in [2.75, 3.05) is 39.3 Å². The first-order valence-corrected chi connectivity index (χ1v) is 9.94. The molecule has 0 aromatic heterocycles. The largest absolute Gasteiger partial charge is 0.376 e. The minimum absolute atomic E-state index is 0.0497. The molecule has 26 heavy (non-hydrogen) atoms. The van der Waals surface area contributed by atoms with Crippen molar-refractivity contribution in [3.05, 3.63) is 35.1 Å². The Labute approximate surface area is 155 Å². The van der Waals surface area contributed by atoms with Crippen molar-refractivity contribution in [2.24, 2.45) is 5.41 Å². The lowest BCUT2D eigenvalue weighted by Crippen LogP contribution is -2.43. The van der Waals surface area contributed by atoms with Crippen LogP contribution in [0.4, 0.5) is 4.39 Å². The first-order chi connectivity index (χ1) is 12.5. The van der Waals surface area contributed by atoms with Crippen molar-refractivity contribution >= 4 is 5.91 Å². The molecule has 0 saturated carbocycles. The zero-order chi connectivity index (χ0) is 18.1. The van der Waals surface area contributed by atoms with Crippen LogP contribution in [0.3, 0.4) is 0 Å². The minimum Gasteiger partial charge on any atom is -0.376 e. The summed E-state index contributed by atoms with van der Waals surface area (Å²) in [5, 5.41) is 0. The zero-order valence-corrected chi connectivity index (χ0v) is 15.7. The average molecular weight is 360 g/mol. The Morgan fingerprint density at radius 3 is 2.65 bits per heavy atom. The number of carbonyl (C=O) groups excluding carboxylic acids is 1. The van der Waals surface area contributed by atoms with E-state index in [9.17, 15) is 9.18 Å². The number of rotatable bonds is 3. The molecule has 3 fully saturated rings. The molecule has 3 aliphatic heterocycles. The summed E-state index contributed by atoms with van der Waals surface area (Å²) in [5.74, 6) is -0.357. The summed E-state index contributed by atoms with van der Waals surface area (Å²) in [7, 11) is 0. The second-order valence-corrected chi connectivity index (χ2v) is 8.40. The Hall–Kier alpha value is -1.46. The molecular weight excluding hydrogens is 331 g/mol. The molecule has 1 unspecified atom stereocenters. The lowest BCUT2D eigenvalue weighted by atomic mass is 9.76. The smallest absolute Gasteiger partial charge is 0.253 e. The fourth-order valence-electron chi connectivity index (χ4n) is 4.71. The number of aryl methyl sites for hydroxylation is 1. The Kier molecular flexibility index (Phi) is 5.02. The number of nitrogens with zero attached hydrogens (tertiary/aromatic N) is 2. The number of halogens is 1. The van der Waals surface area contributed by atoms with E-state index >= 15 is 0 Å². The fraction of sp³-hybridized carbons (Fsp3) is 0.667. The highest BCUT2D eigenvalue weighted by atomic mass is 19.1. The summed E-state index contributed by atoms with van der Waals surface area (Å²) in [5.41, 5.74) is 1.27. The lowest BCUT2D eigenvalue weighted by molar-refractivity contribution is 0.0459. The van der Waals surface area contributed by atoms with Gasteiger partial charge >= 0.3 is 0 Å². The van der Waals surface area contributed by atoms with Gasteiger partial charge in [0.05, 0.1) is 12.7 Å². The van der Waals surface area contributed by atoms with Crippen LogP contribution in [0.5, 0.6) is 0 Å². The summed E-state index contributed by atoms with van der Waals surface area (Å²) in [6.45, 7) is 7.51. The third-order valence-electron chi connectivity index (χ3n) is 6.48. The number of hydrogen-bond donors (Lipinski definition) is 0. The van der Waals surface area contributed by atoms with E-state index in [1.54, 1.807) is 19.1 Å². The summed E-state index contributed by atoms with van der Waals surface area (Å²) < 4.78 is 19.9. The molecule has 1 spiro atoms. The van der Waals surface area contributed by atoms with Crippen LogP contribution >= 0.6 is 0 Å². The standard InChI is InChI=1S/C21H29FN2O2/c1-16-4-5-17(12-19(16)22)20(25)24-10-6-21(7-11-24)13-18(26-15-21)14-23-8-2-3-9-23/h4-5,12,18H,2-3,6-11,13-15H2,1H3. The van der Waals surface area contributed by atoms with E-state index in [1.165, 1.54) is 32.0 Å². The van der Waals surface area contributed by atoms with Crippen molar-refractivity contribution in [3.8, 4) is 0 Å². The zero-order valence-electron chi connectivity index (χ0n) is 15.7. The molecule has 3 heterocycles. The molecule has 3 aliphatic rings. The van der Waals surface area contributed by atoms with Crippen molar-refractivity contribution in [1.82, 2.24) is 9.80 Å². The quantitative estimate of drug-likeness (QED) is 0.830. The SMILES string of the molecule is Cc1ccc(C(=O)N2CCC3(CC2)COC(CN2CCCC2)C3)cc1F. The van der Waals surface area contributed by atoms with Crippen LogP contribution in [-0.2, 0) is 4.74 Å². The number of benzene rings is 1. The van der Waals surface area contributed by atoms with E-state index < -0.39 is 0 Å². The maximum atomic E-state index is 13.8. The van der Waals surface area contributed by atoms with Crippen LogP contribution < -0.4 is 0 Å². The van der Waals surface area contributed by atoms with Gasteiger partial charge in [-0.15, -0.1) is 0 Å². The molecule has 3 saturated heterocycles. The highest BCUT2D eigenvalue weighted by Gasteiger charge is 2.43. The summed E-state index contributed by atoms with van der Waals surface area (Å²) in [6, 6.07) is 4.78. The van der Waals surface area contributed by atoms with Crippen molar-refractivity contribution in [2.45, 2.75) is 45.1 Å². The van der Waals surface area contributed by atoms with Gasteiger partial charge in [0.25, 0.3) is 5.91 Å². The third-order valence-corrected chi connectivity index (χ3v) is 6.48. The Morgan fingerprint density at radius 1 is 1.23 bits per heavy atom. The van der Waals surface area contributed by atoms with E-state index in [2.05, 4.69) is 4.90 Å². The van der Waals surface area contributed by atoms with Gasteiger partial charge in [0, 0.05) is 25.2 Å². The molecule has 142 valence electrons. The van der Waals surface area contributed by atoms with Gasteiger partial charge in [0.2, 0.25) is 0 Å². The molecule has 1 atom stereocenters. The molecule has 4 nitrogen and oxygen atoms in total. The lowest BCUT2D eigenvalue weighted by Gasteiger charge is -2.38. The molecule has 0 radical (unpaired) electrons. The van der Waals surface area contributed by atoms with Crippen LogP contribution in [-0.4, -0.2) is 61.1 Å². The summed E-state index contributed by atoms with van der Waals surface area (Å²) in [6.07, 6.45) is 6.07. The molecule has 0 bridgehead atoms. The molecule has 1 aromatic carbocycles. The van der Waals surface area contributed by atoms with Gasteiger partial charge in [0.15, 0.2) is 0 Å². The molecule has 1 amide bonds. The Bertz CT molecular complexity index is 664. The maximum Gasteiger partial charge on any atom is 0.253 e. The first kappa shape index (κ1) is 17.9. The second kappa shape index (κ2) is 7.28.